The maximum absolute atomic E-state index is 12.6. The number of anilines is 1. The Morgan fingerprint density at radius 3 is 2.85 bits per heavy atom. The van der Waals surface area contributed by atoms with Crippen LogP contribution in [0.15, 0.2) is 18.2 Å². The number of piperidine rings is 1. The highest BCUT2D eigenvalue weighted by Crippen LogP contribution is 2.20. The molecule has 20 heavy (non-hydrogen) atoms. The maximum atomic E-state index is 12.6. The highest BCUT2D eigenvalue weighted by Gasteiger charge is 2.25. The molecule has 1 aromatic rings. The molecule has 0 aliphatic carbocycles. The van der Waals surface area contributed by atoms with Crippen molar-refractivity contribution in [3.05, 3.63) is 29.3 Å². The SMILES string of the molecule is CC(=O)NC1CCCN(C(=O)c2cccc(N)c2C)C1. The van der Waals surface area contributed by atoms with Gasteiger partial charge in [0.05, 0.1) is 0 Å². The van der Waals surface area contributed by atoms with E-state index in [9.17, 15) is 9.59 Å². The van der Waals surface area contributed by atoms with Crippen LogP contribution in [-0.2, 0) is 4.79 Å². The van der Waals surface area contributed by atoms with Gasteiger partial charge in [0.2, 0.25) is 5.91 Å². The Kier molecular flexibility index (Phi) is 4.27. The largest absolute Gasteiger partial charge is 0.398 e. The zero-order valence-corrected chi connectivity index (χ0v) is 12.0. The number of hydrogen-bond acceptors (Lipinski definition) is 3. The first-order chi connectivity index (χ1) is 9.49. The van der Waals surface area contributed by atoms with E-state index in [1.54, 1.807) is 23.1 Å². The molecule has 1 aliphatic heterocycles. The predicted molar refractivity (Wildman–Crippen MR) is 78.3 cm³/mol. The Morgan fingerprint density at radius 1 is 1.40 bits per heavy atom. The van der Waals surface area contributed by atoms with Crippen LogP contribution in [-0.4, -0.2) is 35.8 Å². The van der Waals surface area contributed by atoms with E-state index in [1.807, 2.05) is 6.92 Å². The monoisotopic (exact) mass is 275 g/mol. The lowest BCUT2D eigenvalue weighted by molar-refractivity contribution is -0.120. The normalized spacial score (nSPS) is 18.7. The molecular weight excluding hydrogens is 254 g/mol. The lowest BCUT2D eigenvalue weighted by atomic mass is 10.0. The third kappa shape index (κ3) is 3.10. The van der Waals surface area contributed by atoms with Gasteiger partial charge in [0.25, 0.3) is 5.91 Å². The number of nitrogens with zero attached hydrogens (tertiary/aromatic N) is 1. The van der Waals surface area contributed by atoms with Crippen LogP contribution < -0.4 is 11.1 Å². The highest BCUT2D eigenvalue weighted by molar-refractivity contribution is 5.97. The molecule has 0 aromatic heterocycles. The molecule has 1 fully saturated rings. The zero-order valence-electron chi connectivity index (χ0n) is 12.0. The summed E-state index contributed by atoms with van der Waals surface area (Å²) in [6.45, 7) is 4.65. The fourth-order valence-corrected chi connectivity index (χ4v) is 2.62. The van der Waals surface area contributed by atoms with Gasteiger partial charge >= 0.3 is 0 Å². The summed E-state index contributed by atoms with van der Waals surface area (Å²) in [5.74, 6) is -0.0608. The molecule has 0 saturated carbocycles. The molecule has 5 nitrogen and oxygen atoms in total. The van der Waals surface area contributed by atoms with E-state index in [4.69, 9.17) is 5.73 Å². The molecular formula is C15H21N3O2. The van der Waals surface area contributed by atoms with Crippen LogP contribution in [0, 0.1) is 6.92 Å². The molecule has 0 radical (unpaired) electrons. The fourth-order valence-electron chi connectivity index (χ4n) is 2.62. The molecule has 2 amide bonds. The topological polar surface area (TPSA) is 75.4 Å². The van der Waals surface area contributed by atoms with E-state index in [0.717, 1.165) is 24.9 Å². The van der Waals surface area contributed by atoms with Crippen molar-refractivity contribution >= 4 is 17.5 Å². The molecule has 5 heteroatoms. The summed E-state index contributed by atoms with van der Waals surface area (Å²) >= 11 is 0. The minimum absolute atomic E-state index is 0.00940. The van der Waals surface area contributed by atoms with Crippen LogP contribution in [0.3, 0.4) is 0 Å². The van der Waals surface area contributed by atoms with Crippen molar-refractivity contribution in [3.8, 4) is 0 Å². The molecule has 1 atom stereocenters. The second kappa shape index (κ2) is 5.94. The number of benzene rings is 1. The quantitative estimate of drug-likeness (QED) is 0.799. The molecule has 108 valence electrons. The number of carbonyl (C=O) groups is 2. The van der Waals surface area contributed by atoms with E-state index in [2.05, 4.69) is 5.32 Å². The predicted octanol–water partition coefficient (Wildman–Crippen LogP) is 1.32. The van der Waals surface area contributed by atoms with Gasteiger partial charge in [-0.05, 0) is 37.5 Å². The van der Waals surface area contributed by atoms with Crippen molar-refractivity contribution in [3.63, 3.8) is 0 Å². The van der Waals surface area contributed by atoms with Gasteiger partial charge in [-0.1, -0.05) is 6.07 Å². The summed E-state index contributed by atoms with van der Waals surface area (Å²) in [5.41, 5.74) is 7.95. The van der Waals surface area contributed by atoms with Gasteiger partial charge in [-0.2, -0.15) is 0 Å². The van der Waals surface area contributed by atoms with Gasteiger partial charge < -0.3 is 16.0 Å². The Morgan fingerprint density at radius 2 is 2.15 bits per heavy atom. The van der Waals surface area contributed by atoms with E-state index in [0.29, 0.717) is 17.8 Å². The maximum Gasteiger partial charge on any atom is 0.254 e. The summed E-state index contributed by atoms with van der Waals surface area (Å²) in [7, 11) is 0. The Labute approximate surface area is 119 Å². The summed E-state index contributed by atoms with van der Waals surface area (Å²) < 4.78 is 0. The molecule has 0 spiro atoms. The summed E-state index contributed by atoms with van der Waals surface area (Å²) in [4.78, 5) is 25.5. The molecule has 3 N–H and O–H groups in total. The van der Waals surface area contributed by atoms with Gasteiger partial charge in [-0.25, -0.2) is 0 Å². The molecule has 1 aliphatic rings. The summed E-state index contributed by atoms with van der Waals surface area (Å²) in [6, 6.07) is 5.44. The van der Waals surface area contributed by atoms with Gasteiger partial charge in [0, 0.05) is 37.3 Å². The highest BCUT2D eigenvalue weighted by atomic mass is 16.2. The van der Waals surface area contributed by atoms with Crippen LogP contribution in [0.1, 0.15) is 35.7 Å². The summed E-state index contributed by atoms with van der Waals surface area (Å²) in [6.07, 6.45) is 1.82. The van der Waals surface area contributed by atoms with Gasteiger partial charge in [0.1, 0.15) is 0 Å². The molecule has 1 saturated heterocycles. The van der Waals surface area contributed by atoms with Crippen LogP contribution in [0.5, 0.6) is 0 Å². The van der Waals surface area contributed by atoms with Gasteiger partial charge in [-0.15, -0.1) is 0 Å². The van der Waals surface area contributed by atoms with Gasteiger partial charge in [-0.3, -0.25) is 9.59 Å². The van der Waals surface area contributed by atoms with Crippen molar-refractivity contribution in [1.29, 1.82) is 0 Å². The molecule has 1 unspecified atom stereocenters. The first kappa shape index (κ1) is 14.4. The number of nitrogens with one attached hydrogen (secondary N) is 1. The van der Waals surface area contributed by atoms with Crippen LogP contribution in [0.4, 0.5) is 5.69 Å². The number of nitrogens with two attached hydrogens (primary N) is 1. The Balaban J connectivity index is 2.12. The van der Waals surface area contributed by atoms with E-state index in [-0.39, 0.29) is 17.9 Å². The minimum Gasteiger partial charge on any atom is -0.398 e. The average molecular weight is 275 g/mol. The molecule has 1 aromatic carbocycles. The van der Waals surface area contributed by atoms with E-state index < -0.39 is 0 Å². The van der Waals surface area contributed by atoms with Crippen LogP contribution >= 0.6 is 0 Å². The number of rotatable bonds is 2. The number of hydrogen-bond donors (Lipinski definition) is 2. The van der Waals surface area contributed by atoms with E-state index >= 15 is 0 Å². The second-order valence-corrected chi connectivity index (χ2v) is 5.31. The third-order valence-corrected chi connectivity index (χ3v) is 3.72. The van der Waals surface area contributed by atoms with Crippen molar-refractivity contribution < 1.29 is 9.59 Å². The number of nitrogen functional groups attached to an aromatic ring is 1. The number of likely N-dealkylation sites (tertiary alicyclic amines) is 1. The van der Waals surface area contributed by atoms with Crippen LogP contribution in [0.2, 0.25) is 0 Å². The van der Waals surface area contributed by atoms with Crippen molar-refractivity contribution in [1.82, 2.24) is 10.2 Å². The zero-order chi connectivity index (χ0) is 14.7. The first-order valence-electron chi connectivity index (χ1n) is 6.90. The summed E-state index contributed by atoms with van der Waals surface area (Å²) in [5, 5.41) is 2.89. The Hall–Kier alpha value is -2.04. The molecule has 0 bridgehead atoms. The molecule has 1 heterocycles. The fraction of sp³-hybridized carbons (Fsp3) is 0.467. The number of carbonyl (C=O) groups excluding carboxylic acids is 2. The standard InChI is InChI=1S/C15H21N3O2/c1-10-13(6-3-7-14(10)16)15(20)18-8-4-5-12(9-18)17-11(2)19/h3,6-7,12H,4-5,8-9,16H2,1-2H3,(H,17,19). The second-order valence-electron chi connectivity index (χ2n) is 5.31. The van der Waals surface area contributed by atoms with E-state index in [1.165, 1.54) is 6.92 Å². The lowest BCUT2D eigenvalue weighted by Gasteiger charge is -2.33. The lowest BCUT2D eigenvalue weighted by Crippen LogP contribution is -2.49. The van der Waals surface area contributed by atoms with Crippen molar-refractivity contribution in [2.24, 2.45) is 0 Å². The number of amides is 2. The first-order valence-corrected chi connectivity index (χ1v) is 6.90. The van der Waals surface area contributed by atoms with Gasteiger partial charge in [0.15, 0.2) is 0 Å². The average Bonchev–Trinajstić information content (AvgIpc) is 2.41. The Bertz CT molecular complexity index is 528. The van der Waals surface area contributed by atoms with Crippen LogP contribution in [0.25, 0.3) is 0 Å². The van der Waals surface area contributed by atoms with Crippen molar-refractivity contribution in [2.45, 2.75) is 32.7 Å². The smallest absolute Gasteiger partial charge is 0.254 e. The minimum atomic E-state index is -0.0514. The third-order valence-electron chi connectivity index (χ3n) is 3.72. The molecule has 2 rings (SSSR count). The van der Waals surface area contributed by atoms with Crippen molar-refractivity contribution in [2.75, 3.05) is 18.8 Å².